The Morgan fingerprint density at radius 2 is 1.59 bits per heavy atom. The lowest BCUT2D eigenvalue weighted by Gasteiger charge is -2.31. The second kappa shape index (κ2) is 6.99. The molecular formula is C26H18O6. The van der Waals surface area contributed by atoms with Gasteiger partial charge in [0.05, 0.1) is 25.2 Å². The van der Waals surface area contributed by atoms with Gasteiger partial charge in [0.2, 0.25) is 5.78 Å². The molecule has 0 aromatic heterocycles. The third kappa shape index (κ3) is 2.66. The molecule has 0 amide bonds. The molecule has 2 atom stereocenters. The van der Waals surface area contributed by atoms with Crippen LogP contribution in [-0.4, -0.2) is 31.4 Å². The van der Waals surface area contributed by atoms with E-state index in [-0.39, 0.29) is 35.4 Å². The van der Waals surface area contributed by atoms with Crippen LogP contribution in [0.4, 0.5) is 0 Å². The first-order chi connectivity index (χ1) is 15.7. The highest BCUT2D eigenvalue weighted by Crippen LogP contribution is 2.50. The molecule has 0 radical (unpaired) electrons. The molecule has 3 aromatic carbocycles. The molecule has 2 heterocycles. The molecule has 6 rings (SSSR count). The maximum absolute atomic E-state index is 13.3. The number of carbonyl (C=O) groups is 2. The van der Waals surface area contributed by atoms with Gasteiger partial charge in [0.15, 0.2) is 23.0 Å². The number of ketones is 2. The van der Waals surface area contributed by atoms with E-state index in [4.69, 9.17) is 18.9 Å². The van der Waals surface area contributed by atoms with E-state index in [2.05, 4.69) is 0 Å². The first kappa shape index (κ1) is 18.7. The van der Waals surface area contributed by atoms with Gasteiger partial charge in [-0.2, -0.15) is 0 Å². The molecule has 0 saturated heterocycles. The van der Waals surface area contributed by atoms with Crippen molar-refractivity contribution in [2.75, 3.05) is 13.7 Å². The van der Waals surface area contributed by atoms with E-state index in [0.717, 1.165) is 5.56 Å². The van der Waals surface area contributed by atoms with Gasteiger partial charge in [-0.25, -0.2) is 0 Å². The van der Waals surface area contributed by atoms with Gasteiger partial charge >= 0.3 is 0 Å². The standard InChI is InChI=1S/C26H18O6/c1-29-20-12-19-17(11-21(20)31-14-7-3-2-4-8-14)18-13-30-26-22(25(18)32-19)23(27)15-9-5-6-10-16(15)24(26)28/h2-12,18,25H,13H2,1H3. The average molecular weight is 426 g/mol. The minimum Gasteiger partial charge on any atom is -0.493 e. The monoisotopic (exact) mass is 426 g/mol. The lowest BCUT2D eigenvalue weighted by atomic mass is 9.80. The van der Waals surface area contributed by atoms with E-state index in [9.17, 15) is 9.59 Å². The topological polar surface area (TPSA) is 71.1 Å². The van der Waals surface area contributed by atoms with Crippen molar-refractivity contribution in [3.63, 3.8) is 0 Å². The summed E-state index contributed by atoms with van der Waals surface area (Å²) in [6.07, 6.45) is -0.602. The van der Waals surface area contributed by atoms with Crippen molar-refractivity contribution in [3.05, 3.63) is 94.8 Å². The maximum atomic E-state index is 13.3. The Labute approximate surface area is 184 Å². The van der Waals surface area contributed by atoms with Crippen LogP contribution in [0, 0.1) is 0 Å². The number of benzene rings is 3. The van der Waals surface area contributed by atoms with Gasteiger partial charge in [0.25, 0.3) is 0 Å². The highest BCUT2D eigenvalue weighted by Gasteiger charge is 2.49. The number of fused-ring (bicyclic) bond motifs is 5. The largest absolute Gasteiger partial charge is 0.493 e. The summed E-state index contributed by atoms with van der Waals surface area (Å²) in [7, 11) is 1.56. The van der Waals surface area contributed by atoms with Crippen molar-refractivity contribution < 1.29 is 28.5 Å². The Kier molecular flexibility index (Phi) is 4.08. The van der Waals surface area contributed by atoms with Crippen molar-refractivity contribution in [1.82, 2.24) is 0 Å². The van der Waals surface area contributed by atoms with Crippen LogP contribution in [0.1, 0.15) is 32.2 Å². The fourth-order valence-corrected chi connectivity index (χ4v) is 4.57. The number of allylic oxidation sites excluding steroid dienone is 1. The number of hydrogen-bond acceptors (Lipinski definition) is 6. The molecule has 6 heteroatoms. The van der Waals surface area contributed by atoms with Crippen LogP contribution in [0.5, 0.6) is 23.0 Å². The molecule has 2 aliphatic heterocycles. The van der Waals surface area contributed by atoms with Gasteiger partial charge in [0.1, 0.15) is 17.6 Å². The van der Waals surface area contributed by atoms with Crippen molar-refractivity contribution in [3.8, 4) is 23.0 Å². The van der Waals surface area contributed by atoms with Crippen molar-refractivity contribution >= 4 is 11.6 Å². The summed E-state index contributed by atoms with van der Waals surface area (Å²) in [6, 6.07) is 19.8. The zero-order chi connectivity index (χ0) is 21.8. The molecule has 0 spiro atoms. The molecule has 1 aliphatic carbocycles. The number of ether oxygens (including phenoxy) is 4. The summed E-state index contributed by atoms with van der Waals surface area (Å²) in [4.78, 5) is 26.3. The number of Topliss-reactive ketones (excluding diaryl/α,β-unsaturated/α-hetero) is 2. The highest BCUT2D eigenvalue weighted by molar-refractivity contribution is 6.26. The number of methoxy groups -OCH3 is 1. The van der Waals surface area contributed by atoms with Crippen molar-refractivity contribution in [2.45, 2.75) is 12.0 Å². The second-order valence-corrected chi connectivity index (χ2v) is 7.86. The number of rotatable bonds is 3. The Morgan fingerprint density at radius 3 is 2.34 bits per heavy atom. The van der Waals surface area contributed by atoms with E-state index >= 15 is 0 Å². The van der Waals surface area contributed by atoms with Crippen LogP contribution in [0.25, 0.3) is 0 Å². The summed E-state index contributed by atoms with van der Waals surface area (Å²) < 4.78 is 23.6. The molecule has 6 nitrogen and oxygen atoms in total. The number of para-hydroxylation sites is 1. The molecule has 32 heavy (non-hydrogen) atoms. The molecule has 3 aliphatic rings. The van der Waals surface area contributed by atoms with Crippen molar-refractivity contribution in [1.29, 1.82) is 0 Å². The van der Waals surface area contributed by atoms with Crippen LogP contribution >= 0.6 is 0 Å². The Bertz CT molecular complexity index is 1310. The normalized spacial score (nSPS) is 20.4. The Balaban J connectivity index is 1.41. The van der Waals surface area contributed by atoms with Gasteiger partial charge in [-0.1, -0.05) is 42.5 Å². The highest BCUT2D eigenvalue weighted by atomic mass is 16.5. The third-order valence-corrected chi connectivity index (χ3v) is 6.09. The smallest absolute Gasteiger partial charge is 0.228 e. The zero-order valence-electron chi connectivity index (χ0n) is 17.2. The first-order valence-corrected chi connectivity index (χ1v) is 10.3. The van der Waals surface area contributed by atoms with Crippen LogP contribution in [0.15, 0.2) is 78.1 Å². The average Bonchev–Trinajstić information content (AvgIpc) is 3.19. The molecule has 0 saturated carbocycles. The predicted molar refractivity (Wildman–Crippen MR) is 115 cm³/mol. The first-order valence-electron chi connectivity index (χ1n) is 10.3. The number of carbonyl (C=O) groups excluding carboxylic acids is 2. The van der Waals surface area contributed by atoms with E-state index in [1.165, 1.54) is 0 Å². The van der Waals surface area contributed by atoms with E-state index < -0.39 is 6.10 Å². The zero-order valence-corrected chi connectivity index (χ0v) is 17.2. The van der Waals surface area contributed by atoms with Gasteiger partial charge in [-0.15, -0.1) is 0 Å². The molecule has 3 aromatic rings. The maximum Gasteiger partial charge on any atom is 0.228 e. The number of hydrogen-bond donors (Lipinski definition) is 0. The van der Waals surface area contributed by atoms with Gasteiger partial charge in [-0.3, -0.25) is 9.59 Å². The lowest BCUT2D eigenvalue weighted by Crippen LogP contribution is -2.39. The Hall–Kier alpha value is -4.06. The van der Waals surface area contributed by atoms with Crippen molar-refractivity contribution in [2.24, 2.45) is 0 Å². The fraction of sp³-hybridized carbons (Fsp3) is 0.154. The molecule has 0 fully saturated rings. The van der Waals surface area contributed by atoms with E-state index in [0.29, 0.717) is 34.1 Å². The lowest BCUT2D eigenvalue weighted by molar-refractivity contribution is 0.0697. The summed E-state index contributed by atoms with van der Waals surface area (Å²) in [5.41, 5.74) is 1.88. The van der Waals surface area contributed by atoms with Gasteiger partial charge < -0.3 is 18.9 Å². The second-order valence-electron chi connectivity index (χ2n) is 7.86. The van der Waals surface area contributed by atoms with E-state index in [1.54, 1.807) is 37.4 Å². The summed E-state index contributed by atoms with van der Waals surface area (Å²) in [5.74, 6) is 1.66. The van der Waals surface area contributed by atoms with Crippen LogP contribution in [0.3, 0.4) is 0 Å². The summed E-state index contributed by atoms with van der Waals surface area (Å²) >= 11 is 0. The van der Waals surface area contributed by atoms with Crippen LogP contribution in [-0.2, 0) is 4.74 Å². The predicted octanol–water partition coefficient (Wildman–Crippen LogP) is 4.70. The molecular weight excluding hydrogens is 408 g/mol. The minimum atomic E-state index is -0.602. The molecule has 158 valence electrons. The van der Waals surface area contributed by atoms with Crippen LogP contribution in [0.2, 0.25) is 0 Å². The Morgan fingerprint density at radius 1 is 0.875 bits per heavy atom. The molecule has 2 unspecified atom stereocenters. The summed E-state index contributed by atoms with van der Waals surface area (Å²) in [6.45, 7) is 0.231. The molecule has 0 bridgehead atoms. The summed E-state index contributed by atoms with van der Waals surface area (Å²) in [5, 5.41) is 0. The van der Waals surface area contributed by atoms with E-state index in [1.807, 2.05) is 36.4 Å². The minimum absolute atomic E-state index is 0.0930. The quantitative estimate of drug-likeness (QED) is 0.605. The van der Waals surface area contributed by atoms with Gasteiger partial charge in [0, 0.05) is 22.8 Å². The van der Waals surface area contributed by atoms with Gasteiger partial charge in [-0.05, 0) is 18.2 Å². The van der Waals surface area contributed by atoms with Crippen LogP contribution < -0.4 is 14.2 Å². The third-order valence-electron chi connectivity index (χ3n) is 6.09. The molecule has 0 N–H and O–H groups in total. The fourth-order valence-electron chi connectivity index (χ4n) is 4.57. The SMILES string of the molecule is COc1cc2c(cc1Oc1ccccc1)C1COC3=C(C(=O)c4ccccc4C3=O)C1O2.